The monoisotopic (exact) mass is 193 g/mol. The SMILES string of the molecule is [C]1=C2C=CC=CC2C2C=CC=CC2C=C1. The van der Waals surface area contributed by atoms with Crippen LogP contribution in [0, 0.1) is 23.8 Å². The third kappa shape index (κ3) is 1.46. The first-order valence-electron chi connectivity index (χ1n) is 5.45. The second-order valence-corrected chi connectivity index (χ2v) is 4.15. The van der Waals surface area contributed by atoms with E-state index in [1.54, 1.807) is 0 Å². The number of hydrogen-bond acceptors (Lipinski definition) is 0. The van der Waals surface area contributed by atoms with Gasteiger partial charge in [0.15, 0.2) is 0 Å². The van der Waals surface area contributed by atoms with Crippen LogP contribution in [-0.4, -0.2) is 0 Å². The average Bonchev–Trinajstić information content (AvgIpc) is 2.48. The highest BCUT2D eigenvalue weighted by molar-refractivity contribution is 5.38. The highest BCUT2D eigenvalue weighted by Gasteiger charge is 2.27. The molecular weight excluding hydrogens is 180 g/mol. The van der Waals surface area contributed by atoms with E-state index >= 15 is 0 Å². The molecule has 0 bridgehead atoms. The van der Waals surface area contributed by atoms with Crippen LogP contribution in [0.5, 0.6) is 0 Å². The zero-order valence-electron chi connectivity index (χ0n) is 8.51. The molecule has 3 unspecified atom stereocenters. The molecule has 1 radical (unpaired) electrons. The Morgan fingerprint density at radius 1 is 0.867 bits per heavy atom. The molecular formula is C15H13. The van der Waals surface area contributed by atoms with Crippen LogP contribution in [0.1, 0.15) is 0 Å². The molecule has 15 heavy (non-hydrogen) atoms. The van der Waals surface area contributed by atoms with Gasteiger partial charge in [0.25, 0.3) is 0 Å². The maximum atomic E-state index is 3.37. The summed E-state index contributed by atoms with van der Waals surface area (Å²) >= 11 is 0. The Labute approximate surface area is 90.7 Å². The quantitative estimate of drug-likeness (QED) is 0.553. The minimum Gasteiger partial charge on any atom is -0.0796 e. The van der Waals surface area contributed by atoms with Crippen LogP contribution in [0.2, 0.25) is 0 Å². The van der Waals surface area contributed by atoms with Crippen LogP contribution < -0.4 is 0 Å². The van der Waals surface area contributed by atoms with Crippen molar-refractivity contribution in [3.63, 3.8) is 0 Å². The van der Waals surface area contributed by atoms with E-state index in [1.807, 2.05) is 0 Å². The van der Waals surface area contributed by atoms with Gasteiger partial charge >= 0.3 is 0 Å². The van der Waals surface area contributed by atoms with E-state index in [9.17, 15) is 0 Å². The molecule has 0 aliphatic heterocycles. The van der Waals surface area contributed by atoms with Gasteiger partial charge < -0.3 is 0 Å². The molecule has 0 aromatic heterocycles. The molecule has 0 nitrogen and oxygen atoms in total. The summed E-state index contributed by atoms with van der Waals surface area (Å²) in [7, 11) is 0. The molecule has 0 N–H and O–H groups in total. The van der Waals surface area contributed by atoms with Gasteiger partial charge in [-0.1, -0.05) is 60.8 Å². The van der Waals surface area contributed by atoms with Gasteiger partial charge in [0.2, 0.25) is 0 Å². The van der Waals surface area contributed by atoms with E-state index in [2.05, 4.69) is 66.8 Å². The Balaban J connectivity index is 2.03. The van der Waals surface area contributed by atoms with Gasteiger partial charge in [-0.2, -0.15) is 0 Å². The molecule has 3 aliphatic rings. The number of fused-ring (bicyclic) bond motifs is 3. The van der Waals surface area contributed by atoms with Crippen molar-refractivity contribution in [1.29, 1.82) is 0 Å². The number of rotatable bonds is 0. The Hall–Kier alpha value is -1.56. The number of hydrogen-bond donors (Lipinski definition) is 0. The highest BCUT2D eigenvalue weighted by atomic mass is 14.3. The maximum Gasteiger partial charge on any atom is 0.00988 e. The van der Waals surface area contributed by atoms with Gasteiger partial charge in [-0.3, -0.25) is 0 Å². The van der Waals surface area contributed by atoms with Crippen LogP contribution in [0.3, 0.4) is 0 Å². The zero-order valence-corrected chi connectivity index (χ0v) is 8.51. The molecule has 3 rings (SSSR count). The summed E-state index contributed by atoms with van der Waals surface area (Å²) in [6, 6.07) is 0. The maximum absolute atomic E-state index is 3.37. The molecule has 0 amide bonds. The molecule has 0 fully saturated rings. The van der Waals surface area contributed by atoms with Crippen molar-refractivity contribution in [2.75, 3.05) is 0 Å². The third-order valence-corrected chi connectivity index (χ3v) is 3.27. The lowest BCUT2D eigenvalue weighted by atomic mass is 9.75. The fourth-order valence-corrected chi connectivity index (χ4v) is 2.49. The standard InChI is InChI=1S/C15H13/c1-3-10-14-12(6-1)8-5-9-13-7-2-4-11-15(13)14/h1-8,10-12,14-15H. The first-order chi connectivity index (χ1) is 7.45. The van der Waals surface area contributed by atoms with Crippen molar-refractivity contribution in [3.05, 3.63) is 72.4 Å². The largest absolute Gasteiger partial charge is 0.0796 e. The van der Waals surface area contributed by atoms with Crippen molar-refractivity contribution in [1.82, 2.24) is 0 Å². The van der Waals surface area contributed by atoms with Crippen molar-refractivity contribution >= 4 is 0 Å². The molecule has 3 aliphatic carbocycles. The topological polar surface area (TPSA) is 0 Å². The molecule has 0 spiro atoms. The fraction of sp³-hybridized carbons (Fsp3) is 0.200. The summed E-state index contributed by atoms with van der Waals surface area (Å²) < 4.78 is 0. The predicted molar refractivity (Wildman–Crippen MR) is 62.9 cm³/mol. The lowest BCUT2D eigenvalue weighted by Crippen LogP contribution is -2.20. The Kier molecular flexibility index (Phi) is 2.06. The summed E-state index contributed by atoms with van der Waals surface area (Å²) in [5.41, 5.74) is 1.31. The van der Waals surface area contributed by atoms with E-state index in [0.29, 0.717) is 17.8 Å². The van der Waals surface area contributed by atoms with E-state index in [1.165, 1.54) is 5.57 Å². The summed E-state index contributed by atoms with van der Waals surface area (Å²) in [5, 5.41) is 0. The predicted octanol–water partition coefficient (Wildman–Crippen LogP) is 3.39. The molecule has 0 heteroatoms. The van der Waals surface area contributed by atoms with E-state index in [4.69, 9.17) is 0 Å². The molecule has 73 valence electrons. The van der Waals surface area contributed by atoms with Crippen LogP contribution in [-0.2, 0) is 0 Å². The minimum atomic E-state index is 0.496. The first-order valence-corrected chi connectivity index (χ1v) is 5.45. The van der Waals surface area contributed by atoms with Crippen molar-refractivity contribution in [3.8, 4) is 0 Å². The second kappa shape index (κ2) is 3.54. The Morgan fingerprint density at radius 3 is 2.73 bits per heavy atom. The fourth-order valence-electron chi connectivity index (χ4n) is 2.49. The normalized spacial score (nSPS) is 35.7. The lowest BCUT2D eigenvalue weighted by Gasteiger charge is -2.28. The molecule has 0 saturated heterocycles. The van der Waals surface area contributed by atoms with Crippen LogP contribution in [0.15, 0.2) is 66.3 Å². The van der Waals surface area contributed by atoms with Gasteiger partial charge in [0.1, 0.15) is 0 Å². The van der Waals surface area contributed by atoms with Crippen molar-refractivity contribution in [2.45, 2.75) is 0 Å². The van der Waals surface area contributed by atoms with Crippen molar-refractivity contribution in [2.24, 2.45) is 17.8 Å². The molecule has 0 saturated carbocycles. The third-order valence-electron chi connectivity index (χ3n) is 3.27. The van der Waals surface area contributed by atoms with Gasteiger partial charge in [0.05, 0.1) is 0 Å². The second-order valence-electron chi connectivity index (χ2n) is 4.15. The van der Waals surface area contributed by atoms with Crippen LogP contribution in [0.4, 0.5) is 0 Å². The Morgan fingerprint density at radius 2 is 1.73 bits per heavy atom. The van der Waals surface area contributed by atoms with Gasteiger partial charge in [0, 0.05) is 11.8 Å². The summed E-state index contributed by atoms with van der Waals surface area (Å²) in [6.45, 7) is 0. The summed E-state index contributed by atoms with van der Waals surface area (Å²) in [5.74, 6) is 1.59. The molecule has 0 aromatic carbocycles. The van der Waals surface area contributed by atoms with Crippen LogP contribution >= 0.6 is 0 Å². The molecule has 3 atom stereocenters. The van der Waals surface area contributed by atoms with Crippen molar-refractivity contribution < 1.29 is 0 Å². The first kappa shape index (κ1) is 8.72. The van der Waals surface area contributed by atoms with Gasteiger partial charge in [-0.05, 0) is 17.6 Å². The average molecular weight is 193 g/mol. The smallest absolute Gasteiger partial charge is 0.00988 e. The van der Waals surface area contributed by atoms with E-state index in [-0.39, 0.29) is 0 Å². The molecule has 0 aromatic rings. The minimum absolute atomic E-state index is 0.496. The lowest BCUT2D eigenvalue weighted by molar-refractivity contribution is 0.468. The Bertz CT molecular complexity index is 427. The molecule has 0 heterocycles. The number of allylic oxidation sites excluding steroid dienone is 12. The van der Waals surface area contributed by atoms with Gasteiger partial charge in [-0.25, -0.2) is 0 Å². The zero-order chi connectivity index (χ0) is 10.1. The van der Waals surface area contributed by atoms with Gasteiger partial charge in [-0.15, -0.1) is 0 Å². The summed E-state index contributed by atoms with van der Waals surface area (Å²) in [6.07, 6.45) is 25.3. The van der Waals surface area contributed by atoms with Crippen LogP contribution in [0.25, 0.3) is 0 Å². The van der Waals surface area contributed by atoms with E-state index in [0.717, 1.165) is 0 Å². The van der Waals surface area contributed by atoms with E-state index < -0.39 is 0 Å². The highest BCUT2D eigenvalue weighted by Crippen LogP contribution is 2.37. The summed E-state index contributed by atoms with van der Waals surface area (Å²) in [4.78, 5) is 0.